The Labute approximate surface area is 161 Å². The Bertz CT molecular complexity index is 632. The Hall–Kier alpha value is -0.227. The van der Waals surface area contributed by atoms with Crippen LogP contribution in [0.3, 0.4) is 0 Å². The molecular formula is C16H15Br3NO2Zr. The van der Waals surface area contributed by atoms with Crippen molar-refractivity contribution >= 4 is 54.0 Å². The number of aliphatic hydroxyl groups excluding tert-OH is 1. The molecule has 2 aromatic carbocycles. The van der Waals surface area contributed by atoms with Crippen molar-refractivity contribution in [3.05, 3.63) is 72.3 Å². The molecule has 0 saturated carbocycles. The Morgan fingerprint density at radius 1 is 1.00 bits per heavy atom. The molecule has 0 aromatic heterocycles. The summed E-state index contributed by atoms with van der Waals surface area (Å²) in [6, 6.07) is 18.7. The van der Waals surface area contributed by atoms with Gasteiger partial charge in [-0.2, -0.15) is 0 Å². The number of methoxy groups -OCH3 is 1. The molecule has 1 N–H and O–H groups in total. The van der Waals surface area contributed by atoms with Crippen molar-refractivity contribution in [3.63, 3.8) is 0 Å². The normalized spacial score (nSPS) is 11.3. The molecule has 0 radical (unpaired) electrons. The number of hydrogen-bond donors (Lipinski definition) is 1. The van der Waals surface area contributed by atoms with Crippen molar-refractivity contribution in [2.24, 2.45) is 4.99 Å². The number of ether oxygens (including phenoxy) is 1. The molecule has 0 bridgehead atoms. The zero-order chi connectivity index (χ0) is 17.1. The molecule has 0 aliphatic heterocycles. The van der Waals surface area contributed by atoms with Gasteiger partial charge in [-0.3, -0.25) is 0 Å². The summed E-state index contributed by atoms with van der Waals surface area (Å²) in [6.07, 6.45) is 1.50. The summed E-state index contributed by atoms with van der Waals surface area (Å²) in [7, 11) is 1.52. The van der Waals surface area contributed by atoms with Crippen molar-refractivity contribution in [1.29, 1.82) is 0 Å². The molecule has 0 atom stereocenters. The molecule has 0 amide bonds. The zero-order valence-electron chi connectivity index (χ0n) is 12.3. The number of aliphatic hydroxyl groups is 1. The number of rotatable bonds is 3. The third-order valence-corrected chi connectivity index (χ3v) is 2.53. The van der Waals surface area contributed by atoms with Gasteiger partial charge in [0.25, 0.3) is 0 Å². The summed E-state index contributed by atoms with van der Waals surface area (Å²) >= 11 is 8.80. The summed E-state index contributed by atoms with van der Waals surface area (Å²) in [5.41, 5.74) is 1.50. The number of hydrogen-bond acceptors (Lipinski definition) is 3. The molecule has 0 heterocycles. The Morgan fingerprint density at radius 3 is 1.96 bits per heavy atom. The van der Waals surface area contributed by atoms with E-state index in [0.717, 1.165) is 11.3 Å². The third-order valence-electron chi connectivity index (χ3n) is 2.53. The van der Waals surface area contributed by atoms with Gasteiger partial charge < -0.3 is 9.84 Å². The predicted octanol–water partition coefficient (Wildman–Crippen LogP) is 6.50. The van der Waals surface area contributed by atoms with Gasteiger partial charge in [0.1, 0.15) is 5.76 Å². The van der Waals surface area contributed by atoms with Crippen LogP contribution < -0.4 is 0 Å². The van der Waals surface area contributed by atoms with E-state index >= 15 is 0 Å². The molecule has 121 valence electrons. The van der Waals surface area contributed by atoms with Gasteiger partial charge in [-0.15, -0.1) is 0 Å². The second-order valence-electron chi connectivity index (χ2n) is 4.10. The van der Waals surface area contributed by atoms with Gasteiger partial charge >= 0.3 is 51.4 Å². The van der Waals surface area contributed by atoms with Crippen molar-refractivity contribution in [3.8, 4) is 0 Å². The first kappa shape index (κ1) is 20.8. The molecule has 0 fully saturated rings. The Morgan fingerprint density at radius 2 is 1.48 bits per heavy atom. The molecule has 0 spiro atoms. The summed E-state index contributed by atoms with van der Waals surface area (Å²) in [6.45, 7) is 0. The van der Waals surface area contributed by atoms with Crippen LogP contribution in [0.25, 0.3) is 5.76 Å². The SMILES string of the molecule is COC(/C=C(\O)c1ccccc1)=Nc1ccccc1.[Br][Zr]([Br])[Br]. The van der Waals surface area contributed by atoms with Gasteiger partial charge in [-0.25, -0.2) is 4.99 Å². The molecule has 3 nitrogen and oxygen atoms in total. The number of para-hydroxylation sites is 1. The maximum absolute atomic E-state index is 10.0. The van der Waals surface area contributed by atoms with Gasteiger partial charge in [-0.1, -0.05) is 48.5 Å². The fourth-order valence-electron chi connectivity index (χ4n) is 1.58. The number of benzene rings is 2. The van der Waals surface area contributed by atoms with E-state index in [-0.39, 0.29) is 5.76 Å². The van der Waals surface area contributed by atoms with Gasteiger partial charge in [0.15, 0.2) is 0 Å². The van der Waals surface area contributed by atoms with E-state index in [9.17, 15) is 5.11 Å². The first-order chi connectivity index (χ1) is 11.0. The van der Waals surface area contributed by atoms with Crippen LogP contribution in [0.5, 0.6) is 0 Å². The zero-order valence-corrected chi connectivity index (χ0v) is 19.5. The molecule has 0 aliphatic rings. The van der Waals surface area contributed by atoms with E-state index in [1.165, 1.54) is 13.2 Å². The average Bonchev–Trinajstić information content (AvgIpc) is 2.55. The minimum absolute atomic E-state index is 0.122. The molecule has 7 heteroatoms. The summed E-state index contributed by atoms with van der Waals surface area (Å²) in [5, 5.41) is 10.0. The van der Waals surface area contributed by atoms with Crippen LogP contribution in [0.15, 0.2) is 71.7 Å². The van der Waals surface area contributed by atoms with Crippen molar-refractivity contribution < 1.29 is 24.5 Å². The standard InChI is InChI=1S/C16H15NO2.3BrH.Zr/c1-19-16(17-14-10-6-3-7-11-14)12-15(18)13-8-4-2-5-9-13;;;;/h2-12,18H,1H3;3*1H;/q;;;;+3/p-3/b15-12-,17-16?;;;;. The summed E-state index contributed by atoms with van der Waals surface area (Å²) < 4.78 is 5.16. The van der Waals surface area contributed by atoms with Crippen LogP contribution in [-0.4, -0.2) is 18.1 Å². The number of halogens is 3. The molecule has 2 aromatic rings. The van der Waals surface area contributed by atoms with E-state index in [1.54, 1.807) is 0 Å². The average molecular weight is 584 g/mol. The molecule has 23 heavy (non-hydrogen) atoms. The summed E-state index contributed by atoms with van der Waals surface area (Å²) in [4.78, 5) is 4.30. The topological polar surface area (TPSA) is 41.8 Å². The fraction of sp³-hybridized carbons (Fsp3) is 0.0625. The van der Waals surface area contributed by atoms with Crippen molar-refractivity contribution in [1.82, 2.24) is 0 Å². The molecule has 0 unspecified atom stereocenters. The van der Waals surface area contributed by atoms with Crippen LogP contribution in [0.2, 0.25) is 0 Å². The maximum atomic E-state index is 10.0. The Balaban J connectivity index is 0.000000593. The van der Waals surface area contributed by atoms with Gasteiger partial charge in [0.2, 0.25) is 5.90 Å². The van der Waals surface area contributed by atoms with E-state index in [4.69, 9.17) is 4.74 Å². The van der Waals surface area contributed by atoms with Crippen LogP contribution in [0.4, 0.5) is 5.69 Å². The van der Waals surface area contributed by atoms with Crippen molar-refractivity contribution in [2.75, 3.05) is 7.11 Å². The Kier molecular flexibility index (Phi) is 11.0. The first-order valence-electron chi connectivity index (χ1n) is 6.50. The summed E-state index contributed by atoms with van der Waals surface area (Å²) in [5.74, 6) is 0.477. The quantitative estimate of drug-likeness (QED) is 0.255. The fourth-order valence-corrected chi connectivity index (χ4v) is 1.58. The van der Waals surface area contributed by atoms with Gasteiger partial charge in [0.05, 0.1) is 12.8 Å². The second kappa shape index (κ2) is 12.2. The van der Waals surface area contributed by atoms with Gasteiger partial charge in [0, 0.05) is 11.6 Å². The van der Waals surface area contributed by atoms with Crippen molar-refractivity contribution in [2.45, 2.75) is 0 Å². The van der Waals surface area contributed by atoms with Crippen LogP contribution in [0, 0.1) is 0 Å². The van der Waals surface area contributed by atoms with Gasteiger partial charge in [-0.05, 0) is 12.1 Å². The van der Waals surface area contributed by atoms with E-state index < -0.39 is 14.7 Å². The first-order valence-corrected chi connectivity index (χ1v) is 23.4. The number of aliphatic imine (C=N–C) groups is 1. The molecule has 2 rings (SSSR count). The van der Waals surface area contributed by atoms with E-state index in [1.807, 2.05) is 60.7 Å². The van der Waals surface area contributed by atoms with Crippen LogP contribution in [0.1, 0.15) is 5.56 Å². The number of nitrogens with zero attached hydrogens (tertiary/aromatic N) is 1. The predicted molar refractivity (Wildman–Crippen MR) is 104 cm³/mol. The van der Waals surface area contributed by atoms with E-state index in [2.05, 4.69) is 41.6 Å². The van der Waals surface area contributed by atoms with E-state index in [0.29, 0.717) is 5.90 Å². The monoisotopic (exact) mass is 580 g/mol. The molecular weight excluding hydrogens is 569 g/mol. The third kappa shape index (κ3) is 9.60. The molecule has 0 aliphatic carbocycles. The van der Waals surface area contributed by atoms with Crippen LogP contribution in [-0.2, 0) is 19.4 Å². The minimum atomic E-state index is -1.11. The molecule has 0 saturated heterocycles. The van der Waals surface area contributed by atoms with Crippen LogP contribution >= 0.6 is 36.7 Å². The second-order valence-corrected chi connectivity index (χ2v) is 38.1.